The Balaban J connectivity index is 1.39. The van der Waals surface area contributed by atoms with Crippen molar-refractivity contribution in [2.75, 3.05) is 5.32 Å². The van der Waals surface area contributed by atoms with Gasteiger partial charge in [0, 0.05) is 17.0 Å². The topological polar surface area (TPSA) is 129 Å². The number of carbonyl (C=O) groups is 2. The van der Waals surface area contributed by atoms with Gasteiger partial charge in [0.1, 0.15) is 5.75 Å². The third-order valence-corrected chi connectivity index (χ3v) is 5.59. The Morgan fingerprint density at radius 3 is 2.38 bits per heavy atom. The second-order valence-corrected chi connectivity index (χ2v) is 8.18. The van der Waals surface area contributed by atoms with Crippen LogP contribution in [0.3, 0.4) is 0 Å². The molecule has 0 aliphatic heterocycles. The number of fused-ring (bicyclic) bond motifs is 1. The molecule has 2 heterocycles. The number of anilines is 1. The molecule has 0 saturated heterocycles. The third-order valence-electron chi connectivity index (χ3n) is 5.59. The molecule has 3 aromatic carbocycles. The minimum absolute atomic E-state index is 0.120. The lowest BCUT2D eigenvalue weighted by atomic mass is 10.1. The van der Waals surface area contributed by atoms with Gasteiger partial charge >= 0.3 is 0 Å². The summed E-state index contributed by atoms with van der Waals surface area (Å²) in [6.45, 7) is 0.231. The molecule has 5 aromatic rings. The molecule has 9 nitrogen and oxygen atoms in total. The van der Waals surface area contributed by atoms with E-state index >= 15 is 0 Å². The van der Waals surface area contributed by atoms with Gasteiger partial charge in [0.15, 0.2) is 5.69 Å². The van der Waals surface area contributed by atoms with Crippen molar-refractivity contribution in [1.82, 2.24) is 14.8 Å². The number of hydrogen-bond acceptors (Lipinski definition) is 6. The number of benzene rings is 3. The highest BCUT2D eigenvalue weighted by Gasteiger charge is 2.17. The van der Waals surface area contributed by atoms with E-state index in [-0.39, 0.29) is 23.7 Å². The van der Waals surface area contributed by atoms with Gasteiger partial charge < -0.3 is 15.8 Å². The Kier molecular flexibility index (Phi) is 6.41. The zero-order chi connectivity index (χ0) is 25.8. The van der Waals surface area contributed by atoms with E-state index in [0.717, 1.165) is 5.56 Å². The van der Waals surface area contributed by atoms with E-state index in [4.69, 9.17) is 10.5 Å². The van der Waals surface area contributed by atoms with Crippen LogP contribution in [-0.2, 0) is 6.54 Å². The van der Waals surface area contributed by atoms with E-state index in [1.54, 1.807) is 54.6 Å². The van der Waals surface area contributed by atoms with Crippen molar-refractivity contribution in [3.8, 4) is 11.6 Å². The predicted octanol–water partition coefficient (Wildman–Crippen LogP) is 3.98. The summed E-state index contributed by atoms with van der Waals surface area (Å²) >= 11 is 0. The average molecular weight is 492 g/mol. The van der Waals surface area contributed by atoms with Gasteiger partial charge in [0.2, 0.25) is 11.8 Å². The lowest BCUT2D eigenvalue weighted by Gasteiger charge is -2.12. The molecule has 0 bridgehead atoms. The second-order valence-electron chi connectivity index (χ2n) is 8.18. The first-order valence-corrected chi connectivity index (χ1v) is 11.4. The number of primary amides is 1. The van der Waals surface area contributed by atoms with Crippen molar-refractivity contribution < 1.29 is 14.3 Å². The summed E-state index contributed by atoms with van der Waals surface area (Å²) in [6.07, 6.45) is 1.44. The number of ether oxygens (including phenoxy) is 1. The zero-order valence-electron chi connectivity index (χ0n) is 19.5. The summed E-state index contributed by atoms with van der Waals surface area (Å²) in [4.78, 5) is 41.8. The number of rotatable bonds is 7. The molecule has 0 fully saturated rings. The normalized spacial score (nSPS) is 10.7. The lowest BCUT2D eigenvalue weighted by molar-refractivity contribution is 0.0997. The summed E-state index contributed by atoms with van der Waals surface area (Å²) < 4.78 is 6.97. The smallest absolute Gasteiger partial charge is 0.276 e. The van der Waals surface area contributed by atoms with Gasteiger partial charge in [-0.15, -0.1) is 0 Å². The molecule has 37 heavy (non-hydrogen) atoms. The third kappa shape index (κ3) is 5.20. The van der Waals surface area contributed by atoms with Crippen LogP contribution in [-0.4, -0.2) is 26.6 Å². The molecule has 0 spiro atoms. The first kappa shape index (κ1) is 23.4. The van der Waals surface area contributed by atoms with Crippen molar-refractivity contribution in [1.29, 1.82) is 0 Å². The van der Waals surface area contributed by atoms with Crippen LogP contribution in [0.5, 0.6) is 11.6 Å². The van der Waals surface area contributed by atoms with E-state index < -0.39 is 11.8 Å². The molecule has 0 atom stereocenters. The second kappa shape index (κ2) is 10.1. The van der Waals surface area contributed by atoms with Gasteiger partial charge in [0.25, 0.3) is 11.5 Å². The molecule has 9 heteroatoms. The Hall–Kier alpha value is -5.31. The molecule has 0 aliphatic rings. The first-order valence-electron chi connectivity index (χ1n) is 11.4. The lowest BCUT2D eigenvalue weighted by Crippen LogP contribution is -2.28. The van der Waals surface area contributed by atoms with Gasteiger partial charge in [-0.05, 0) is 35.9 Å². The molecule has 2 amide bonds. The van der Waals surface area contributed by atoms with Gasteiger partial charge in [-0.3, -0.25) is 14.4 Å². The fourth-order valence-corrected chi connectivity index (χ4v) is 3.80. The maximum absolute atomic E-state index is 13.2. The molecule has 0 saturated carbocycles. The Bertz CT molecular complexity index is 1660. The van der Waals surface area contributed by atoms with E-state index in [2.05, 4.69) is 15.4 Å². The van der Waals surface area contributed by atoms with Crippen molar-refractivity contribution in [2.24, 2.45) is 5.73 Å². The highest BCUT2D eigenvalue weighted by atomic mass is 16.5. The quantitative estimate of drug-likeness (QED) is 0.354. The summed E-state index contributed by atoms with van der Waals surface area (Å²) in [5, 5.41) is 8.03. The van der Waals surface area contributed by atoms with Crippen LogP contribution in [0.2, 0.25) is 0 Å². The molecule has 5 rings (SSSR count). The average Bonchev–Trinajstić information content (AvgIpc) is 2.92. The molecule has 0 aliphatic carbocycles. The Morgan fingerprint density at radius 1 is 0.892 bits per heavy atom. The molecular formula is C28H21N5O4. The van der Waals surface area contributed by atoms with Crippen LogP contribution in [0.1, 0.15) is 26.4 Å². The van der Waals surface area contributed by atoms with Crippen LogP contribution in [0.15, 0.2) is 102 Å². The van der Waals surface area contributed by atoms with Gasteiger partial charge in [-0.25, -0.2) is 9.67 Å². The van der Waals surface area contributed by atoms with E-state index in [1.165, 1.54) is 16.9 Å². The maximum atomic E-state index is 13.2. The van der Waals surface area contributed by atoms with Crippen LogP contribution < -0.4 is 21.3 Å². The largest absolute Gasteiger partial charge is 0.439 e. The molecule has 3 N–H and O–H groups in total. The fraction of sp³-hybridized carbons (Fsp3) is 0.0357. The summed E-state index contributed by atoms with van der Waals surface area (Å²) in [5.74, 6) is -0.383. The SMILES string of the molecule is NC(=O)c1cccc(Oc2ccc(NC(=O)c3nn(Cc4ccccc4)c(=O)c4ccccc34)cn2)c1. The van der Waals surface area contributed by atoms with E-state index in [9.17, 15) is 14.4 Å². The van der Waals surface area contributed by atoms with Crippen LogP contribution in [0.4, 0.5) is 5.69 Å². The summed E-state index contributed by atoms with van der Waals surface area (Å²) in [7, 11) is 0. The fourth-order valence-electron chi connectivity index (χ4n) is 3.80. The van der Waals surface area contributed by atoms with E-state index in [1.807, 2.05) is 30.3 Å². The minimum Gasteiger partial charge on any atom is -0.439 e. The number of nitrogens with one attached hydrogen (secondary N) is 1. The van der Waals surface area contributed by atoms with Crippen LogP contribution in [0.25, 0.3) is 10.8 Å². The predicted molar refractivity (Wildman–Crippen MR) is 139 cm³/mol. The monoisotopic (exact) mass is 491 g/mol. The number of pyridine rings is 1. The van der Waals surface area contributed by atoms with Crippen molar-refractivity contribution in [3.05, 3.63) is 124 Å². The number of nitrogens with two attached hydrogens (primary N) is 1. The number of aromatic nitrogens is 3. The zero-order valence-corrected chi connectivity index (χ0v) is 19.5. The molecular weight excluding hydrogens is 470 g/mol. The van der Waals surface area contributed by atoms with Crippen molar-refractivity contribution in [3.63, 3.8) is 0 Å². The number of hydrogen-bond donors (Lipinski definition) is 2. The Labute approximate surface area is 211 Å². The number of amides is 2. The summed E-state index contributed by atoms with van der Waals surface area (Å²) in [5.41, 5.74) is 6.76. The van der Waals surface area contributed by atoms with Gasteiger partial charge in [-0.1, -0.05) is 54.6 Å². The molecule has 0 unspecified atom stereocenters. The van der Waals surface area contributed by atoms with Crippen LogP contribution >= 0.6 is 0 Å². The maximum Gasteiger partial charge on any atom is 0.276 e. The van der Waals surface area contributed by atoms with Gasteiger partial charge in [-0.2, -0.15) is 5.10 Å². The molecule has 182 valence electrons. The highest BCUT2D eigenvalue weighted by Crippen LogP contribution is 2.22. The first-order chi connectivity index (χ1) is 18.0. The number of nitrogens with zero attached hydrogens (tertiary/aromatic N) is 3. The standard InChI is InChI=1S/C28H21N5O4/c29-26(34)19-9-6-10-21(15-19)37-24-14-13-20(16-30-24)31-27(35)25-22-11-4-5-12-23(22)28(36)33(32-25)17-18-7-2-1-3-8-18/h1-16H,17H2,(H2,29,34)(H,31,35). The number of carbonyl (C=O) groups excluding carboxylic acids is 2. The van der Waals surface area contributed by atoms with Gasteiger partial charge in [0.05, 0.1) is 23.8 Å². The van der Waals surface area contributed by atoms with Crippen molar-refractivity contribution in [2.45, 2.75) is 6.54 Å². The summed E-state index contributed by atoms with van der Waals surface area (Å²) in [6, 6.07) is 25.9. The Morgan fingerprint density at radius 2 is 1.65 bits per heavy atom. The minimum atomic E-state index is -0.562. The molecule has 2 aromatic heterocycles. The van der Waals surface area contributed by atoms with E-state index in [0.29, 0.717) is 27.8 Å². The van der Waals surface area contributed by atoms with Crippen molar-refractivity contribution >= 4 is 28.3 Å². The van der Waals surface area contributed by atoms with Crippen LogP contribution in [0, 0.1) is 0 Å². The molecule has 0 radical (unpaired) electrons. The highest BCUT2D eigenvalue weighted by molar-refractivity contribution is 6.11.